The Labute approximate surface area is 190 Å². The number of rotatable bonds is 7. The van der Waals surface area contributed by atoms with Gasteiger partial charge in [0.05, 0.1) is 5.56 Å². The summed E-state index contributed by atoms with van der Waals surface area (Å²) in [7, 11) is 0. The zero-order valence-electron chi connectivity index (χ0n) is 17.8. The number of pyridine rings is 2. The Bertz CT molecular complexity index is 1200. The minimum absolute atomic E-state index is 0.123. The second kappa shape index (κ2) is 9.83. The van der Waals surface area contributed by atoms with Gasteiger partial charge in [0.2, 0.25) is 0 Å². The predicted octanol–water partition coefficient (Wildman–Crippen LogP) is 5.81. The van der Waals surface area contributed by atoms with Gasteiger partial charge in [-0.1, -0.05) is 42.5 Å². The number of aromatic nitrogens is 2. The van der Waals surface area contributed by atoms with Crippen LogP contribution in [0.15, 0.2) is 91.4 Å². The SMILES string of the molecule is N[C@@H](CNc1cc(-c2ccncc2)c(-c2cccc(C(F)(F)F)c2)cn1)Cc1ccccc1. The predicted molar refractivity (Wildman–Crippen MR) is 125 cm³/mol. The molecule has 0 bridgehead atoms. The normalized spacial score (nSPS) is 12.4. The molecule has 0 aliphatic rings. The number of halogens is 3. The molecule has 0 saturated heterocycles. The van der Waals surface area contributed by atoms with Gasteiger partial charge in [-0.25, -0.2) is 4.98 Å². The van der Waals surface area contributed by atoms with Crippen LogP contribution in [0.3, 0.4) is 0 Å². The van der Waals surface area contributed by atoms with E-state index in [2.05, 4.69) is 15.3 Å². The number of anilines is 1. The van der Waals surface area contributed by atoms with Gasteiger partial charge in [0.15, 0.2) is 0 Å². The number of nitrogens with zero attached hydrogens (tertiary/aromatic N) is 2. The van der Waals surface area contributed by atoms with Crippen molar-refractivity contribution in [2.75, 3.05) is 11.9 Å². The number of hydrogen-bond donors (Lipinski definition) is 2. The van der Waals surface area contributed by atoms with Crippen LogP contribution in [0.5, 0.6) is 0 Å². The number of nitrogens with one attached hydrogen (secondary N) is 1. The maximum atomic E-state index is 13.3. The van der Waals surface area contributed by atoms with E-state index in [1.54, 1.807) is 24.7 Å². The van der Waals surface area contributed by atoms with E-state index in [1.165, 1.54) is 6.07 Å². The van der Waals surface area contributed by atoms with Gasteiger partial charge in [-0.3, -0.25) is 4.98 Å². The highest BCUT2D eigenvalue weighted by Crippen LogP contribution is 2.36. The summed E-state index contributed by atoms with van der Waals surface area (Å²) in [6, 6.07) is 20.6. The van der Waals surface area contributed by atoms with Crippen molar-refractivity contribution < 1.29 is 13.2 Å². The lowest BCUT2D eigenvalue weighted by Gasteiger charge is -2.16. The summed E-state index contributed by atoms with van der Waals surface area (Å²) >= 11 is 0. The Morgan fingerprint density at radius 3 is 2.33 bits per heavy atom. The molecule has 0 aliphatic carbocycles. The van der Waals surface area contributed by atoms with E-state index in [1.807, 2.05) is 48.5 Å². The van der Waals surface area contributed by atoms with Crippen molar-refractivity contribution in [3.05, 3.63) is 103 Å². The summed E-state index contributed by atoms with van der Waals surface area (Å²) in [5, 5.41) is 3.26. The average Bonchev–Trinajstić information content (AvgIpc) is 2.83. The largest absolute Gasteiger partial charge is 0.416 e. The second-order valence-electron chi connectivity index (χ2n) is 7.76. The zero-order chi connectivity index (χ0) is 23.3. The summed E-state index contributed by atoms with van der Waals surface area (Å²) in [5.74, 6) is 0.598. The third kappa shape index (κ3) is 5.75. The molecule has 3 N–H and O–H groups in total. The van der Waals surface area contributed by atoms with Gasteiger partial charge in [-0.05, 0) is 59.0 Å². The third-order valence-electron chi connectivity index (χ3n) is 5.28. The highest BCUT2D eigenvalue weighted by molar-refractivity contribution is 5.84. The zero-order valence-corrected chi connectivity index (χ0v) is 17.8. The van der Waals surface area contributed by atoms with Gasteiger partial charge >= 0.3 is 6.18 Å². The maximum absolute atomic E-state index is 13.3. The lowest BCUT2D eigenvalue weighted by Crippen LogP contribution is -2.31. The molecule has 0 unspecified atom stereocenters. The highest BCUT2D eigenvalue weighted by Gasteiger charge is 2.30. The van der Waals surface area contributed by atoms with Crippen molar-refractivity contribution in [2.45, 2.75) is 18.6 Å². The molecule has 0 fully saturated rings. The number of alkyl halides is 3. The van der Waals surface area contributed by atoms with E-state index in [0.29, 0.717) is 29.9 Å². The molecule has 4 nitrogen and oxygen atoms in total. The number of hydrogen-bond acceptors (Lipinski definition) is 4. The summed E-state index contributed by atoms with van der Waals surface area (Å²) in [5.41, 5.74) is 9.36. The Balaban J connectivity index is 1.61. The average molecular weight is 448 g/mol. The van der Waals surface area contributed by atoms with Gasteiger partial charge in [-0.2, -0.15) is 13.2 Å². The summed E-state index contributed by atoms with van der Waals surface area (Å²) in [6.45, 7) is 0.501. The molecule has 2 aromatic heterocycles. The Morgan fingerprint density at radius 2 is 1.61 bits per heavy atom. The van der Waals surface area contributed by atoms with Gasteiger partial charge < -0.3 is 11.1 Å². The quantitative estimate of drug-likeness (QED) is 0.374. The van der Waals surface area contributed by atoms with Crippen LogP contribution < -0.4 is 11.1 Å². The summed E-state index contributed by atoms with van der Waals surface area (Å²) in [6.07, 6.45) is 1.18. The Hall–Kier alpha value is -3.71. The van der Waals surface area contributed by atoms with Crippen molar-refractivity contribution in [3.63, 3.8) is 0 Å². The van der Waals surface area contributed by atoms with E-state index >= 15 is 0 Å². The molecular formula is C26H23F3N4. The molecule has 0 saturated carbocycles. The molecule has 0 radical (unpaired) electrons. The first kappa shape index (κ1) is 22.5. The van der Waals surface area contributed by atoms with Crippen LogP contribution in [0.2, 0.25) is 0 Å². The Morgan fingerprint density at radius 1 is 0.848 bits per heavy atom. The fraction of sp³-hybridized carbons (Fsp3) is 0.154. The van der Waals surface area contributed by atoms with Gasteiger partial charge in [-0.15, -0.1) is 0 Å². The molecular weight excluding hydrogens is 425 g/mol. The fourth-order valence-corrected chi connectivity index (χ4v) is 3.64. The molecule has 7 heteroatoms. The molecule has 4 aromatic rings. The fourth-order valence-electron chi connectivity index (χ4n) is 3.64. The molecule has 4 rings (SSSR count). The number of benzene rings is 2. The van der Waals surface area contributed by atoms with Gasteiger partial charge in [0, 0.05) is 36.7 Å². The van der Waals surface area contributed by atoms with Crippen LogP contribution in [-0.4, -0.2) is 22.6 Å². The van der Waals surface area contributed by atoms with Crippen molar-refractivity contribution >= 4 is 5.82 Å². The molecule has 0 aliphatic heterocycles. The van der Waals surface area contributed by atoms with E-state index in [4.69, 9.17) is 5.73 Å². The lowest BCUT2D eigenvalue weighted by atomic mass is 9.95. The van der Waals surface area contributed by atoms with Crippen LogP contribution in [-0.2, 0) is 12.6 Å². The lowest BCUT2D eigenvalue weighted by molar-refractivity contribution is -0.137. The van der Waals surface area contributed by atoms with Crippen LogP contribution in [0, 0.1) is 0 Å². The molecule has 168 valence electrons. The first-order valence-corrected chi connectivity index (χ1v) is 10.5. The van der Waals surface area contributed by atoms with Gasteiger partial charge in [0.25, 0.3) is 0 Å². The number of nitrogens with two attached hydrogens (primary N) is 1. The highest BCUT2D eigenvalue weighted by atomic mass is 19.4. The minimum Gasteiger partial charge on any atom is -0.368 e. The molecule has 33 heavy (non-hydrogen) atoms. The monoisotopic (exact) mass is 448 g/mol. The maximum Gasteiger partial charge on any atom is 0.416 e. The van der Waals surface area contributed by atoms with Crippen LogP contribution in [0.1, 0.15) is 11.1 Å². The van der Waals surface area contributed by atoms with E-state index in [9.17, 15) is 13.2 Å². The molecule has 2 aromatic carbocycles. The molecule has 0 spiro atoms. The van der Waals surface area contributed by atoms with Gasteiger partial charge in [0.1, 0.15) is 5.82 Å². The van der Waals surface area contributed by atoms with Crippen LogP contribution in [0.4, 0.5) is 19.0 Å². The summed E-state index contributed by atoms with van der Waals surface area (Å²) < 4.78 is 39.8. The Kier molecular flexibility index (Phi) is 6.70. The van der Waals surface area contributed by atoms with Crippen molar-refractivity contribution in [2.24, 2.45) is 5.73 Å². The van der Waals surface area contributed by atoms with E-state index in [-0.39, 0.29) is 6.04 Å². The first-order chi connectivity index (χ1) is 15.9. The van der Waals surface area contributed by atoms with Crippen molar-refractivity contribution in [1.29, 1.82) is 0 Å². The standard InChI is InChI=1S/C26H23F3N4/c27-26(28,29)21-8-4-7-20(14-21)24-17-33-25(15-23(24)19-9-11-31-12-10-19)32-16-22(30)13-18-5-2-1-3-6-18/h1-12,14-15,17,22H,13,16,30H2,(H,32,33)/t22-/m1/s1. The third-order valence-corrected chi connectivity index (χ3v) is 5.28. The topological polar surface area (TPSA) is 63.8 Å². The molecule has 2 heterocycles. The second-order valence-corrected chi connectivity index (χ2v) is 7.76. The summed E-state index contributed by atoms with van der Waals surface area (Å²) in [4.78, 5) is 8.49. The van der Waals surface area contributed by atoms with Crippen molar-refractivity contribution in [3.8, 4) is 22.3 Å². The smallest absolute Gasteiger partial charge is 0.368 e. The van der Waals surface area contributed by atoms with E-state index < -0.39 is 11.7 Å². The van der Waals surface area contributed by atoms with E-state index in [0.717, 1.165) is 28.8 Å². The van der Waals surface area contributed by atoms with Crippen LogP contribution in [0.25, 0.3) is 22.3 Å². The first-order valence-electron chi connectivity index (χ1n) is 10.5. The minimum atomic E-state index is -4.42. The van der Waals surface area contributed by atoms with Crippen molar-refractivity contribution in [1.82, 2.24) is 9.97 Å². The van der Waals surface area contributed by atoms with Crippen LogP contribution >= 0.6 is 0 Å². The molecule has 1 atom stereocenters. The molecule has 0 amide bonds.